The third-order valence-corrected chi connectivity index (χ3v) is 27.0. The molecule has 636 valence electrons. The summed E-state index contributed by atoms with van der Waals surface area (Å²) in [6.45, 7) is 18.2. The van der Waals surface area contributed by atoms with E-state index in [9.17, 15) is 0 Å². The van der Waals surface area contributed by atoms with Gasteiger partial charge in [0.1, 0.15) is 23.0 Å². The van der Waals surface area contributed by atoms with Gasteiger partial charge in [-0.1, -0.05) is 419 Å². The van der Waals surface area contributed by atoms with Gasteiger partial charge in [0.2, 0.25) is 0 Å². The Morgan fingerprint density at radius 2 is 0.359 bits per heavy atom. The number of rotatable bonds is 4. The van der Waals surface area contributed by atoms with Crippen LogP contribution < -0.4 is 40.8 Å². The summed E-state index contributed by atoms with van der Waals surface area (Å²) in [7, 11) is 3.84. The summed E-state index contributed by atoms with van der Waals surface area (Å²) < 4.78 is 86.1. The molecule has 16 heteroatoms. The molecule has 28 bridgehead atoms. The maximum atomic E-state index is 7.40. The number of fused-ring (bicyclic) bond motifs is 4. The highest BCUT2D eigenvalue weighted by atomic mass is 16.7. The lowest BCUT2D eigenvalue weighted by Gasteiger charge is -2.29. The Balaban J connectivity index is 0.000000245. The lowest BCUT2D eigenvalue weighted by molar-refractivity contribution is 0.113. The fraction of sp³-hybridized carbons (Fsp3) is 0.214. The number of hydrogen-bond acceptors (Lipinski definition) is 12. The highest BCUT2D eigenvalue weighted by Gasteiger charge is 2.63. The zero-order valence-electron chi connectivity index (χ0n) is 74.5. The van der Waals surface area contributed by atoms with Gasteiger partial charge in [0.25, 0.3) is 0 Å². The zero-order chi connectivity index (χ0) is 88.0. The van der Waals surface area contributed by atoms with E-state index >= 15 is 0 Å². The zero-order valence-corrected chi connectivity index (χ0v) is 74.5. The van der Waals surface area contributed by atoms with E-state index in [2.05, 4.69) is 201 Å². The smallest absolute Gasteiger partial charge is 0.496 e. The van der Waals surface area contributed by atoms with E-state index in [-0.39, 0.29) is 48.8 Å². The largest absolute Gasteiger partial charge is 0.498 e. The van der Waals surface area contributed by atoms with Gasteiger partial charge in [0, 0.05) is 65.8 Å². The molecule has 8 atom stereocenters. The summed E-state index contributed by atoms with van der Waals surface area (Å²) in [5.41, 5.74) is 13.8. The molecule has 0 amide bonds. The monoisotopic (exact) mass is 1680 g/mol. The van der Waals surface area contributed by atoms with Crippen LogP contribution >= 0.6 is 0 Å². The average molecular weight is 1690 g/mol. The van der Waals surface area contributed by atoms with Gasteiger partial charge in [-0.05, 0) is 87.6 Å². The Kier molecular flexibility index (Phi) is 23.8. The Morgan fingerprint density at radius 3 is 0.516 bits per heavy atom. The van der Waals surface area contributed by atoms with Crippen molar-refractivity contribution in [2.24, 2.45) is 0 Å². The van der Waals surface area contributed by atoms with Crippen LogP contribution in [-0.4, -0.2) is 81.3 Å². The third kappa shape index (κ3) is 15.3. The SMILES string of the molecule is COc1c2cc3ccccc3c1-c1c(OC)c(cc3ccccc13)B1O[C@H]3c4cc5c(cc4C(C)(C)[C@H]3O1)[C@@H]1OB(O[C@@H]1C5(C)C)c1cc3ccccc3c(c1OC)-c1c(OC)c(cc3ccccc13)B1O[C@H]3c4cc5c(cc4C(C)(C)[C@H]3O1)[C@@H]1OB2O[C@@H]1C5(C)C.c1ccccc1.c1ccccc1.c1ccccc1.c1ccccc1.c1ccccc1.c1ccccc1. The molecule has 4 fully saturated rings. The highest BCUT2D eigenvalue weighted by Crippen LogP contribution is 2.62. The minimum Gasteiger partial charge on any atom is -0.496 e. The molecule has 0 aromatic heterocycles. The molecule has 4 aliphatic carbocycles. The van der Waals surface area contributed by atoms with E-state index in [4.69, 9.17) is 56.2 Å². The molecule has 37 rings (SSSR count). The molecule has 0 unspecified atom stereocenters. The van der Waals surface area contributed by atoms with Crippen LogP contribution in [0.5, 0.6) is 23.0 Å². The Bertz CT molecular complexity index is 5630. The molecule has 21 aliphatic rings. The van der Waals surface area contributed by atoms with Crippen molar-refractivity contribution < 1.29 is 56.2 Å². The van der Waals surface area contributed by atoms with Crippen molar-refractivity contribution in [3.63, 3.8) is 0 Å². The van der Waals surface area contributed by atoms with Gasteiger partial charge in [-0.15, -0.1) is 0 Å². The maximum Gasteiger partial charge on any atom is 0.498 e. The second-order valence-corrected chi connectivity index (χ2v) is 36.0. The fourth-order valence-electron chi connectivity index (χ4n) is 20.8. The summed E-state index contributed by atoms with van der Waals surface area (Å²) in [4.78, 5) is 0. The van der Waals surface area contributed by atoms with Crippen LogP contribution in [0.4, 0.5) is 0 Å². The minimum absolute atomic E-state index is 0.334. The van der Waals surface area contributed by atoms with Gasteiger partial charge < -0.3 is 56.2 Å². The molecule has 4 saturated heterocycles. The fourth-order valence-corrected chi connectivity index (χ4v) is 20.8. The average Bonchev–Trinajstić information content (AvgIpc) is 1.53. The molecule has 0 spiro atoms. The highest BCUT2D eigenvalue weighted by molar-refractivity contribution is 6.66. The summed E-state index contributed by atoms with van der Waals surface area (Å²) in [6.07, 6.45) is -2.88. The lowest BCUT2D eigenvalue weighted by atomic mass is 9.72. The first-order valence-corrected chi connectivity index (χ1v) is 44.4. The number of benzene rings is 16. The van der Waals surface area contributed by atoms with Gasteiger partial charge in [-0.3, -0.25) is 0 Å². The Morgan fingerprint density at radius 1 is 0.203 bits per heavy atom. The molecule has 128 heavy (non-hydrogen) atoms. The van der Waals surface area contributed by atoms with Crippen LogP contribution in [0.15, 0.2) is 364 Å². The quantitative estimate of drug-likeness (QED) is 0.156. The van der Waals surface area contributed by atoms with Crippen LogP contribution in [0.2, 0.25) is 0 Å². The van der Waals surface area contributed by atoms with E-state index in [1.165, 1.54) is 22.3 Å². The van der Waals surface area contributed by atoms with Crippen LogP contribution in [0, 0.1) is 0 Å². The number of methoxy groups -OCH3 is 4. The van der Waals surface area contributed by atoms with Crippen LogP contribution in [0.25, 0.3) is 65.3 Å². The van der Waals surface area contributed by atoms with E-state index in [1.807, 2.05) is 218 Å². The van der Waals surface area contributed by atoms with Crippen molar-refractivity contribution in [2.75, 3.05) is 28.4 Å². The molecule has 17 heterocycles. The number of ether oxygens (including phenoxy) is 4. The molecule has 17 aliphatic heterocycles. The molecule has 0 saturated carbocycles. The first-order chi connectivity index (χ1) is 62.4. The third-order valence-electron chi connectivity index (χ3n) is 27.0. The topological polar surface area (TPSA) is 111 Å². The van der Waals surface area contributed by atoms with Crippen LogP contribution in [-0.2, 0) is 58.9 Å². The predicted octanol–water partition coefficient (Wildman–Crippen LogP) is 22.7. The maximum absolute atomic E-state index is 7.40. The number of hydrogen-bond donors (Lipinski definition) is 0. The van der Waals surface area contributed by atoms with Crippen LogP contribution in [0.3, 0.4) is 0 Å². The van der Waals surface area contributed by atoms with Crippen molar-refractivity contribution in [3.05, 3.63) is 408 Å². The van der Waals surface area contributed by atoms with Crippen molar-refractivity contribution in [1.82, 2.24) is 0 Å². The van der Waals surface area contributed by atoms with E-state index in [0.29, 0.717) is 23.0 Å². The first-order valence-electron chi connectivity index (χ1n) is 44.4. The summed E-state index contributed by atoms with van der Waals surface area (Å²) >= 11 is 0. The van der Waals surface area contributed by atoms with Crippen molar-refractivity contribution in [2.45, 2.75) is 126 Å². The van der Waals surface area contributed by atoms with Gasteiger partial charge in [0.15, 0.2) is 0 Å². The van der Waals surface area contributed by atoms with Crippen LogP contribution in [0.1, 0.15) is 124 Å². The van der Waals surface area contributed by atoms with Crippen molar-refractivity contribution in [3.8, 4) is 45.3 Å². The van der Waals surface area contributed by atoms with Crippen molar-refractivity contribution in [1.29, 1.82) is 0 Å². The molecule has 16 aromatic carbocycles. The molecule has 12 nitrogen and oxygen atoms in total. The summed E-state index contributed by atoms with van der Waals surface area (Å²) in [5, 5.41) is 7.99. The van der Waals surface area contributed by atoms with Gasteiger partial charge in [0.05, 0.1) is 77.3 Å². The molecular formula is C112H104B4O12. The standard InChI is InChI=1S/C76H68B4O12.6C6H6/c1-73(2)49-33-46-50-34-45(49)61-69(73)89-77(85-61)53-29-37-21-13-17-25-41(37)57(65(53)81-9)58-42-26-18-14-23-39(42)31-55(67(58)83-11)79-87-63-47-35-52-48(36-51(47)75(5,6)71(63)91-79)64-72(76(52,7)8)92-80(88-64)56-32-40-24-16-20-28-44(40)60(68(56)84-12)59-43-27-19-15-22-38(43)30-54(66(59)82-10)78-86-62(46)70(90-78)74(50,3)4;6*1-2-4-6-5-3-1/h13-36,61-64,69-72H,1-12H3;6*1-6H/t61-,62-,63-,64-,69-,70-,71-,72-;;;;;;/m0....../s1. The lowest BCUT2D eigenvalue weighted by Crippen LogP contribution is -2.39. The Hall–Kier alpha value is -12.3. The van der Waals surface area contributed by atoms with Gasteiger partial charge >= 0.3 is 28.5 Å². The van der Waals surface area contributed by atoms with E-state index in [0.717, 1.165) is 109 Å². The van der Waals surface area contributed by atoms with E-state index < -0.39 is 50.1 Å². The van der Waals surface area contributed by atoms with Gasteiger partial charge in [-0.25, -0.2) is 0 Å². The molecule has 0 N–H and O–H groups in total. The second kappa shape index (κ2) is 35.7. The second-order valence-electron chi connectivity index (χ2n) is 36.0. The molecule has 16 aromatic rings. The molecule has 0 radical (unpaired) electrons. The van der Waals surface area contributed by atoms with Gasteiger partial charge in [-0.2, -0.15) is 0 Å². The van der Waals surface area contributed by atoms with Crippen molar-refractivity contribution >= 4 is 93.4 Å². The first kappa shape index (κ1) is 85.2. The normalized spacial score (nSPS) is 20.6. The van der Waals surface area contributed by atoms with E-state index in [1.54, 1.807) is 28.4 Å². The molecular weight excluding hydrogens is 1580 g/mol. The summed E-state index contributed by atoms with van der Waals surface area (Å²) in [6, 6.07) is 124. The predicted molar refractivity (Wildman–Crippen MR) is 520 cm³/mol. The Labute approximate surface area is 752 Å². The summed E-state index contributed by atoms with van der Waals surface area (Å²) in [5.74, 6) is 2.56. The minimum atomic E-state index is -0.783.